The van der Waals surface area contributed by atoms with Gasteiger partial charge in [-0.3, -0.25) is 4.79 Å². The summed E-state index contributed by atoms with van der Waals surface area (Å²) < 4.78 is 0. The molecule has 0 bridgehead atoms. The number of urea groups is 1. The van der Waals surface area contributed by atoms with Gasteiger partial charge < -0.3 is 21.7 Å². The third kappa shape index (κ3) is 4.46. The van der Waals surface area contributed by atoms with Crippen molar-refractivity contribution in [1.82, 2.24) is 10.6 Å². The van der Waals surface area contributed by atoms with Crippen molar-refractivity contribution in [1.29, 1.82) is 0 Å². The average molecular weight is 304 g/mol. The highest BCUT2D eigenvalue weighted by molar-refractivity contribution is 5.93. The maximum Gasteiger partial charge on any atom is 0.319 e. The summed E-state index contributed by atoms with van der Waals surface area (Å²) in [5.74, 6) is 0.169. The Balaban J connectivity index is 1.79. The Kier molecular flexibility index (Phi) is 5.77. The van der Waals surface area contributed by atoms with E-state index in [9.17, 15) is 9.59 Å². The molecule has 1 saturated carbocycles. The van der Waals surface area contributed by atoms with Gasteiger partial charge in [-0.15, -0.1) is 0 Å². The molecule has 6 heteroatoms. The number of nitrogens with two attached hydrogens (primary N) is 1. The fraction of sp³-hybridized carbons (Fsp3) is 0.500. The molecular formula is C16H24N4O2. The monoisotopic (exact) mass is 304 g/mol. The van der Waals surface area contributed by atoms with E-state index in [1.54, 1.807) is 19.1 Å². The van der Waals surface area contributed by atoms with Crippen molar-refractivity contribution < 1.29 is 9.59 Å². The van der Waals surface area contributed by atoms with E-state index >= 15 is 0 Å². The second-order valence-corrected chi connectivity index (χ2v) is 5.73. The number of hydrogen-bond donors (Lipinski definition) is 4. The molecule has 3 atom stereocenters. The summed E-state index contributed by atoms with van der Waals surface area (Å²) in [6.45, 7) is 2.26. The molecule has 2 rings (SSSR count). The second kappa shape index (κ2) is 7.79. The minimum absolute atomic E-state index is 0.124. The minimum atomic E-state index is -0.595. The number of anilines is 1. The third-order valence-electron chi connectivity index (χ3n) is 4.06. The highest BCUT2D eigenvalue weighted by Gasteiger charge is 2.28. The van der Waals surface area contributed by atoms with Gasteiger partial charge in [0.1, 0.15) is 6.04 Å². The molecule has 0 radical (unpaired) electrons. The SMILES string of the molecule is CC(NC(=O)Nc1ccccc1)C(=O)NC1CCCC1CN. The topological polar surface area (TPSA) is 96.2 Å². The largest absolute Gasteiger partial charge is 0.351 e. The van der Waals surface area contributed by atoms with Crippen LogP contribution in [0.1, 0.15) is 26.2 Å². The van der Waals surface area contributed by atoms with Crippen LogP contribution in [-0.2, 0) is 4.79 Å². The van der Waals surface area contributed by atoms with Crippen molar-refractivity contribution in [3.63, 3.8) is 0 Å². The molecule has 0 heterocycles. The van der Waals surface area contributed by atoms with Gasteiger partial charge in [0, 0.05) is 11.7 Å². The number of hydrogen-bond acceptors (Lipinski definition) is 3. The van der Waals surface area contributed by atoms with Crippen LogP contribution < -0.4 is 21.7 Å². The zero-order chi connectivity index (χ0) is 15.9. The Morgan fingerprint density at radius 1 is 1.27 bits per heavy atom. The van der Waals surface area contributed by atoms with E-state index in [2.05, 4.69) is 16.0 Å². The van der Waals surface area contributed by atoms with Crippen LogP contribution in [0.3, 0.4) is 0 Å². The van der Waals surface area contributed by atoms with Crippen LogP contribution >= 0.6 is 0 Å². The predicted molar refractivity (Wildman–Crippen MR) is 86.4 cm³/mol. The number of benzene rings is 1. The van der Waals surface area contributed by atoms with Gasteiger partial charge in [0.15, 0.2) is 0 Å². The molecule has 1 aromatic rings. The quantitative estimate of drug-likeness (QED) is 0.663. The lowest BCUT2D eigenvalue weighted by molar-refractivity contribution is -0.123. The molecule has 5 N–H and O–H groups in total. The first-order chi connectivity index (χ1) is 10.6. The van der Waals surface area contributed by atoms with Gasteiger partial charge in [-0.05, 0) is 44.4 Å². The van der Waals surface area contributed by atoms with Crippen LogP contribution in [-0.4, -0.2) is 30.6 Å². The maximum absolute atomic E-state index is 12.2. The van der Waals surface area contributed by atoms with Gasteiger partial charge in [-0.2, -0.15) is 0 Å². The normalized spacial score (nSPS) is 21.9. The molecule has 0 spiro atoms. The van der Waals surface area contributed by atoms with Crippen LogP contribution in [0.5, 0.6) is 0 Å². The average Bonchev–Trinajstić information content (AvgIpc) is 2.95. The van der Waals surface area contributed by atoms with Crippen LogP contribution in [0.15, 0.2) is 30.3 Å². The van der Waals surface area contributed by atoms with E-state index < -0.39 is 12.1 Å². The van der Waals surface area contributed by atoms with Gasteiger partial charge in [0.2, 0.25) is 5.91 Å². The number of carbonyl (C=O) groups excluding carboxylic acids is 2. The van der Waals surface area contributed by atoms with Crippen LogP contribution in [0.4, 0.5) is 10.5 Å². The lowest BCUT2D eigenvalue weighted by Gasteiger charge is -2.22. The Morgan fingerprint density at radius 2 is 2.00 bits per heavy atom. The molecule has 120 valence electrons. The fourth-order valence-corrected chi connectivity index (χ4v) is 2.77. The van der Waals surface area contributed by atoms with Gasteiger partial charge in [0.05, 0.1) is 0 Å². The lowest BCUT2D eigenvalue weighted by atomic mass is 10.0. The van der Waals surface area contributed by atoms with Gasteiger partial charge in [-0.1, -0.05) is 24.6 Å². The van der Waals surface area contributed by atoms with E-state index in [4.69, 9.17) is 5.73 Å². The Labute approximate surface area is 130 Å². The molecule has 1 fully saturated rings. The number of carbonyl (C=O) groups is 2. The molecule has 6 nitrogen and oxygen atoms in total. The highest BCUT2D eigenvalue weighted by atomic mass is 16.2. The predicted octanol–water partition coefficient (Wildman–Crippen LogP) is 1.44. The zero-order valence-electron chi connectivity index (χ0n) is 12.8. The summed E-state index contributed by atoms with van der Waals surface area (Å²) in [4.78, 5) is 24.0. The van der Waals surface area contributed by atoms with Crippen LogP contribution in [0.2, 0.25) is 0 Å². The molecule has 1 aliphatic rings. The summed E-state index contributed by atoms with van der Waals surface area (Å²) in [5.41, 5.74) is 6.40. The zero-order valence-corrected chi connectivity index (χ0v) is 12.8. The van der Waals surface area contributed by atoms with Crippen molar-refractivity contribution in [3.8, 4) is 0 Å². The van der Waals surface area contributed by atoms with Crippen molar-refractivity contribution in [2.75, 3.05) is 11.9 Å². The Hall–Kier alpha value is -2.08. The van der Waals surface area contributed by atoms with E-state index in [0.29, 0.717) is 18.2 Å². The van der Waals surface area contributed by atoms with Crippen molar-refractivity contribution in [2.45, 2.75) is 38.3 Å². The standard InChI is InChI=1S/C16H24N4O2/c1-11(15(21)20-14-9-5-6-12(14)10-17)18-16(22)19-13-7-3-2-4-8-13/h2-4,7-8,11-12,14H,5-6,9-10,17H2,1H3,(H,20,21)(H2,18,19,22). The Morgan fingerprint density at radius 3 is 2.68 bits per heavy atom. The number of nitrogens with one attached hydrogen (secondary N) is 3. The molecule has 3 unspecified atom stereocenters. The lowest BCUT2D eigenvalue weighted by Crippen LogP contribution is -2.50. The summed E-state index contributed by atoms with van der Waals surface area (Å²) >= 11 is 0. The molecule has 1 aliphatic carbocycles. The van der Waals surface area contributed by atoms with Gasteiger partial charge in [-0.25, -0.2) is 4.79 Å². The minimum Gasteiger partial charge on any atom is -0.351 e. The van der Waals surface area contributed by atoms with E-state index in [1.807, 2.05) is 18.2 Å². The molecule has 0 aliphatic heterocycles. The Bertz CT molecular complexity index is 506. The smallest absolute Gasteiger partial charge is 0.319 e. The fourth-order valence-electron chi connectivity index (χ4n) is 2.77. The van der Waals surface area contributed by atoms with E-state index in [1.165, 1.54) is 0 Å². The van der Waals surface area contributed by atoms with Crippen LogP contribution in [0, 0.1) is 5.92 Å². The molecule has 1 aromatic carbocycles. The summed E-state index contributed by atoms with van der Waals surface area (Å²) in [7, 11) is 0. The third-order valence-corrected chi connectivity index (χ3v) is 4.06. The first-order valence-electron chi connectivity index (χ1n) is 7.73. The van der Waals surface area contributed by atoms with Crippen molar-refractivity contribution in [3.05, 3.63) is 30.3 Å². The second-order valence-electron chi connectivity index (χ2n) is 5.73. The summed E-state index contributed by atoms with van der Waals surface area (Å²) in [6, 6.07) is 8.24. The number of rotatable bonds is 5. The molecule has 3 amide bonds. The van der Waals surface area contributed by atoms with Gasteiger partial charge in [0.25, 0.3) is 0 Å². The first-order valence-corrected chi connectivity index (χ1v) is 7.73. The molecule has 0 aromatic heterocycles. The number of para-hydroxylation sites is 1. The van der Waals surface area contributed by atoms with E-state index in [-0.39, 0.29) is 11.9 Å². The molecule has 22 heavy (non-hydrogen) atoms. The summed E-state index contributed by atoms with van der Waals surface area (Å²) in [5, 5.41) is 8.32. The first kappa shape index (κ1) is 16.3. The molecule has 0 saturated heterocycles. The summed E-state index contributed by atoms with van der Waals surface area (Å²) in [6.07, 6.45) is 3.09. The number of amides is 3. The van der Waals surface area contributed by atoms with Gasteiger partial charge >= 0.3 is 6.03 Å². The maximum atomic E-state index is 12.2. The van der Waals surface area contributed by atoms with E-state index in [0.717, 1.165) is 19.3 Å². The van der Waals surface area contributed by atoms with Crippen LogP contribution in [0.25, 0.3) is 0 Å². The highest BCUT2D eigenvalue weighted by Crippen LogP contribution is 2.24. The van der Waals surface area contributed by atoms with Crippen molar-refractivity contribution >= 4 is 17.6 Å². The van der Waals surface area contributed by atoms with Crippen molar-refractivity contribution in [2.24, 2.45) is 11.7 Å². The molecular weight excluding hydrogens is 280 g/mol.